The first-order valence-electron chi connectivity index (χ1n) is 6.88. The highest BCUT2D eigenvalue weighted by Crippen LogP contribution is 2.22. The third-order valence-corrected chi connectivity index (χ3v) is 3.73. The minimum absolute atomic E-state index is 0.256. The molecule has 1 aromatic carbocycles. The molecule has 3 heteroatoms. The molecule has 2 atom stereocenters. The second-order valence-corrected chi connectivity index (χ2v) is 5.30. The molecule has 3 nitrogen and oxygen atoms in total. The van der Waals surface area contributed by atoms with E-state index in [1.807, 2.05) is 0 Å². The van der Waals surface area contributed by atoms with Gasteiger partial charge in [0.15, 0.2) is 0 Å². The molecule has 0 amide bonds. The second kappa shape index (κ2) is 6.21. The van der Waals surface area contributed by atoms with Crippen molar-refractivity contribution in [2.45, 2.75) is 38.8 Å². The summed E-state index contributed by atoms with van der Waals surface area (Å²) in [6.07, 6.45) is 1.98. The fourth-order valence-electron chi connectivity index (χ4n) is 2.71. The fraction of sp³-hybridized carbons (Fsp3) is 0.600. The summed E-state index contributed by atoms with van der Waals surface area (Å²) in [7, 11) is 0. The van der Waals surface area contributed by atoms with Crippen molar-refractivity contribution in [1.29, 1.82) is 0 Å². The van der Waals surface area contributed by atoms with E-state index in [2.05, 4.69) is 48.3 Å². The number of nitrogens with one attached hydrogen (secondary N) is 1. The zero-order valence-corrected chi connectivity index (χ0v) is 11.4. The van der Waals surface area contributed by atoms with Crippen molar-refractivity contribution >= 4 is 5.69 Å². The lowest BCUT2D eigenvalue weighted by molar-refractivity contribution is 0.263. The van der Waals surface area contributed by atoms with E-state index in [0.29, 0.717) is 12.1 Å². The maximum atomic E-state index is 9.15. The Hall–Kier alpha value is -1.06. The van der Waals surface area contributed by atoms with E-state index in [1.54, 1.807) is 0 Å². The number of anilines is 1. The van der Waals surface area contributed by atoms with Crippen molar-refractivity contribution in [2.24, 2.45) is 0 Å². The van der Waals surface area contributed by atoms with Crippen LogP contribution in [-0.2, 0) is 0 Å². The van der Waals surface area contributed by atoms with Gasteiger partial charge in [-0.2, -0.15) is 0 Å². The van der Waals surface area contributed by atoms with E-state index in [1.165, 1.54) is 11.3 Å². The van der Waals surface area contributed by atoms with Gasteiger partial charge in [-0.05, 0) is 38.3 Å². The van der Waals surface area contributed by atoms with Gasteiger partial charge in [0.2, 0.25) is 0 Å². The molecule has 1 fully saturated rings. The fourth-order valence-corrected chi connectivity index (χ4v) is 2.71. The van der Waals surface area contributed by atoms with Gasteiger partial charge in [-0.15, -0.1) is 0 Å². The molecule has 100 valence electrons. The first-order chi connectivity index (χ1) is 8.70. The molecule has 2 rings (SSSR count). The Bertz CT molecular complexity index is 381. The smallest absolute Gasteiger partial charge is 0.0446 e. The van der Waals surface area contributed by atoms with E-state index in [9.17, 15) is 0 Å². The number of rotatable bonds is 3. The Kier molecular flexibility index (Phi) is 4.61. The monoisotopic (exact) mass is 248 g/mol. The van der Waals surface area contributed by atoms with Gasteiger partial charge in [0.25, 0.3) is 0 Å². The minimum Gasteiger partial charge on any atom is -0.396 e. The summed E-state index contributed by atoms with van der Waals surface area (Å²) in [6, 6.07) is 9.45. The molecule has 1 aromatic rings. The molecule has 2 unspecified atom stereocenters. The van der Waals surface area contributed by atoms with Crippen LogP contribution in [0.1, 0.15) is 25.3 Å². The number of aliphatic hydroxyl groups is 1. The molecule has 0 bridgehead atoms. The van der Waals surface area contributed by atoms with Crippen LogP contribution in [0.3, 0.4) is 0 Å². The van der Waals surface area contributed by atoms with Crippen molar-refractivity contribution in [3.63, 3.8) is 0 Å². The van der Waals surface area contributed by atoms with Crippen molar-refractivity contribution in [3.8, 4) is 0 Å². The molecule has 1 aliphatic heterocycles. The van der Waals surface area contributed by atoms with E-state index < -0.39 is 0 Å². The van der Waals surface area contributed by atoms with Crippen molar-refractivity contribution < 1.29 is 5.11 Å². The number of para-hydroxylation sites is 1. The molecule has 2 N–H and O–H groups in total. The van der Waals surface area contributed by atoms with Crippen LogP contribution in [-0.4, -0.2) is 36.9 Å². The highest BCUT2D eigenvalue weighted by atomic mass is 16.3. The van der Waals surface area contributed by atoms with Gasteiger partial charge in [0.1, 0.15) is 0 Å². The van der Waals surface area contributed by atoms with Crippen LogP contribution in [0.5, 0.6) is 0 Å². The molecule has 1 heterocycles. The van der Waals surface area contributed by atoms with Gasteiger partial charge in [0.05, 0.1) is 0 Å². The highest BCUT2D eigenvalue weighted by Gasteiger charge is 2.21. The van der Waals surface area contributed by atoms with Gasteiger partial charge < -0.3 is 15.3 Å². The molecule has 0 saturated carbocycles. The Morgan fingerprint density at radius 2 is 2.17 bits per heavy atom. The zero-order chi connectivity index (χ0) is 13.0. The molecule has 1 aliphatic rings. The maximum Gasteiger partial charge on any atom is 0.0446 e. The Balaban J connectivity index is 2.14. The number of hydrogen-bond donors (Lipinski definition) is 2. The van der Waals surface area contributed by atoms with Crippen LogP contribution in [0.15, 0.2) is 24.3 Å². The summed E-state index contributed by atoms with van der Waals surface area (Å²) in [5, 5.41) is 12.7. The van der Waals surface area contributed by atoms with Crippen LogP contribution in [0.2, 0.25) is 0 Å². The summed E-state index contributed by atoms with van der Waals surface area (Å²) >= 11 is 0. The molecule has 0 aromatic heterocycles. The lowest BCUT2D eigenvalue weighted by Crippen LogP contribution is -2.40. The summed E-state index contributed by atoms with van der Waals surface area (Å²) in [5.41, 5.74) is 2.66. The summed E-state index contributed by atoms with van der Waals surface area (Å²) in [5.74, 6) is 0. The third kappa shape index (κ3) is 3.24. The number of hydrogen-bond acceptors (Lipinski definition) is 3. The van der Waals surface area contributed by atoms with E-state index in [0.717, 1.165) is 25.9 Å². The van der Waals surface area contributed by atoms with Gasteiger partial charge in [-0.25, -0.2) is 0 Å². The number of nitrogens with zero attached hydrogens (tertiary/aromatic N) is 1. The molecule has 18 heavy (non-hydrogen) atoms. The molecular weight excluding hydrogens is 224 g/mol. The number of aryl methyl sites for hydroxylation is 1. The standard InChI is InChI=1S/C15H24N2O/c1-12-5-3-4-6-15(12)17-9-7-13(2)16-14(11-17)8-10-18/h3-6,13-14,16,18H,7-11H2,1-2H3. The number of benzene rings is 1. The topological polar surface area (TPSA) is 35.5 Å². The van der Waals surface area contributed by atoms with Crippen LogP contribution in [0.25, 0.3) is 0 Å². The average molecular weight is 248 g/mol. The number of aliphatic hydroxyl groups excluding tert-OH is 1. The van der Waals surface area contributed by atoms with Crippen LogP contribution < -0.4 is 10.2 Å². The largest absolute Gasteiger partial charge is 0.396 e. The second-order valence-electron chi connectivity index (χ2n) is 5.30. The SMILES string of the molecule is Cc1ccccc1N1CCC(C)NC(CCO)C1. The zero-order valence-electron chi connectivity index (χ0n) is 11.4. The molecule has 0 aliphatic carbocycles. The van der Waals surface area contributed by atoms with Crippen LogP contribution >= 0.6 is 0 Å². The summed E-state index contributed by atoms with van der Waals surface area (Å²) < 4.78 is 0. The first-order valence-corrected chi connectivity index (χ1v) is 6.88. The average Bonchev–Trinajstić information content (AvgIpc) is 2.52. The van der Waals surface area contributed by atoms with Crippen LogP contribution in [0, 0.1) is 6.92 Å². The van der Waals surface area contributed by atoms with Crippen molar-refractivity contribution in [2.75, 3.05) is 24.6 Å². The van der Waals surface area contributed by atoms with Crippen molar-refractivity contribution in [1.82, 2.24) is 5.32 Å². The molecule has 0 spiro atoms. The van der Waals surface area contributed by atoms with Gasteiger partial charge >= 0.3 is 0 Å². The summed E-state index contributed by atoms with van der Waals surface area (Å²) in [4.78, 5) is 2.45. The maximum absolute atomic E-state index is 9.15. The van der Waals surface area contributed by atoms with Gasteiger partial charge in [-0.3, -0.25) is 0 Å². The van der Waals surface area contributed by atoms with E-state index >= 15 is 0 Å². The lowest BCUT2D eigenvalue weighted by atomic mass is 10.1. The Morgan fingerprint density at radius 1 is 1.39 bits per heavy atom. The Labute approximate surface area is 110 Å². The van der Waals surface area contributed by atoms with Crippen molar-refractivity contribution in [3.05, 3.63) is 29.8 Å². The van der Waals surface area contributed by atoms with E-state index in [-0.39, 0.29) is 6.61 Å². The lowest BCUT2D eigenvalue weighted by Gasteiger charge is -2.27. The summed E-state index contributed by atoms with van der Waals surface area (Å²) in [6.45, 7) is 6.71. The minimum atomic E-state index is 0.256. The predicted molar refractivity (Wildman–Crippen MR) is 76.1 cm³/mol. The van der Waals surface area contributed by atoms with Crippen LogP contribution in [0.4, 0.5) is 5.69 Å². The Morgan fingerprint density at radius 3 is 2.89 bits per heavy atom. The molecule has 1 saturated heterocycles. The quantitative estimate of drug-likeness (QED) is 0.858. The van der Waals surface area contributed by atoms with Gasteiger partial charge in [-0.1, -0.05) is 18.2 Å². The predicted octanol–water partition coefficient (Wildman–Crippen LogP) is 1.93. The van der Waals surface area contributed by atoms with Gasteiger partial charge in [0, 0.05) is 37.5 Å². The first kappa shape index (κ1) is 13.4. The molecule has 0 radical (unpaired) electrons. The third-order valence-electron chi connectivity index (χ3n) is 3.73. The highest BCUT2D eigenvalue weighted by molar-refractivity contribution is 5.53. The normalized spacial score (nSPS) is 24.9. The van der Waals surface area contributed by atoms with E-state index in [4.69, 9.17) is 5.11 Å². The molecular formula is C15H24N2O.